The number of hydrogen-bond donors (Lipinski definition) is 1. The molecule has 3 nitrogen and oxygen atoms in total. The van der Waals surface area contributed by atoms with Gasteiger partial charge in [0.05, 0.1) is 18.8 Å². The molecule has 0 fully saturated rings. The molecule has 6 heteroatoms. The number of nitrogens with one attached hydrogen (secondary N) is 1. The molecular weight excluding hydrogens is 283 g/mol. The van der Waals surface area contributed by atoms with Crippen LogP contribution in [0.5, 0.6) is 5.75 Å². The van der Waals surface area contributed by atoms with Crippen LogP contribution >= 0.6 is 0 Å². The van der Waals surface area contributed by atoms with E-state index < -0.39 is 6.36 Å². The smallest absolute Gasteiger partial charge is 0.406 e. The molecule has 1 rings (SSSR count). The standard InChI is InChI=1S/C15H22F3NO2/c1-4-9-19-14(10-20-11(2)3)12-5-7-13(8-6-12)21-15(16,17)18/h5-8,11,14,19H,4,9-10H2,1-3H3. The zero-order valence-electron chi connectivity index (χ0n) is 12.5. The van der Waals surface area contributed by atoms with Crippen molar-refractivity contribution in [2.24, 2.45) is 0 Å². The van der Waals surface area contributed by atoms with Crippen LogP contribution in [-0.4, -0.2) is 25.6 Å². The monoisotopic (exact) mass is 305 g/mol. The van der Waals surface area contributed by atoms with Crippen molar-refractivity contribution in [3.8, 4) is 5.75 Å². The number of hydrogen-bond acceptors (Lipinski definition) is 3. The van der Waals surface area contributed by atoms with E-state index in [4.69, 9.17) is 4.74 Å². The summed E-state index contributed by atoms with van der Waals surface area (Å²) in [5, 5.41) is 3.32. The number of halogens is 3. The Balaban J connectivity index is 2.72. The van der Waals surface area contributed by atoms with Gasteiger partial charge in [-0.3, -0.25) is 0 Å². The molecule has 0 saturated carbocycles. The molecule has 0 saturated heterocycles. The fourth-order valence-electron chi connectivity index (χ4n) is 1.78. The summed E-state index contributed by atoms with van der Waals surface area (Å²) in [6.07, 6.45) is -3.60. The van der Waals surface area contributed by atoms with Gasteiger partial charge in [0.15, 0.2) is 0 Å². The van der Waals surface area contributed by atoms with Gasteiger partial charge < -0.3 is 14.8 Å². The largest absolute Gasteiger partial charge is 0.573 e. The summed E-state index contributed by atoms with van der Waals surface area (Å²) in [6.45, 7) is 7.21. The topological polar surface area (TPSA) is 30.5 Å². The maximum absolute atomic E-state index is 12.1. The lowest BCUT2D eigenvalue weighted by Crippen LogP contribution is -2.27. The Morgan fingerprint density at radius 1 is 1.14 bits per heavy atom. The van der Waals surface area contributed by atoms with Crippen molar-refractivity contribution in [2.45, 2.75) is 45.7 Å². The van der Waals surface area contributed by atoms with Crippen LogP contribution in [0.15, 0.2) is 24.3 Å². The lowest BCUT2D eigenvalue weighted by atomic mass is 10.1. The highest BCUT2D eigenvalue weighted by Crippen LogP contribution is 2.24. The van der Waals surface area contributed by atoms with Gasteiger partial charge in [-0.2, -0.15) is 0 Å². The molecule has 0 amide bonds. The minimum Gasteiger partial charge on any atom is -0.406 e. The van der Waals surface area contributed by atoms with Crippen LogP contribution in [0.25, 0.3) is 0 Å². The minimum absolute atomic E-state index is 0.0488. The van der Waals surface area contributed by atoms with Gasteiger partial charge >= 0.3 is 6.36 Å². The molecule has 0 bridgehead atoms. The van der Waals surface area contributed by atoms with Gasteiger partial charge in [-0.15, -0.1) is 13.2 Å². The lowest BCUT2D eigenvalue weighted by molar-refractivity contribution is -0.274. The third-order valence-corrected chi connectivity index (χ3v) is 2.75. The van der Waals surface area contributed by atoms with Crippen molar-refractivity contribution in [3.05, 3.63) is 29.8 Å². The van der Waals surface area contributed by atoms with E-state index in [-0.39, 0.29) is 17.9 Å². The SMILES string of the molecule is CCCNC(COC(C)C)c1ccc(OC(F)(F)F)cc1. The van der Waals surface area contributed by atoms with E-state index in [0.717, 1.165) is 18.5 Å². The highest BCUT2D eigenvalue weighted by Gasteiger charge is 2.31. The maximum atomic E-state index is 12.1. The van der Waals surface area contributed by atoms with Crippen LogP contribution in [0, 0.1) is 0 Å². The molecule has 1 atom stereocenters. The van der Waals surface area contributed by atoms with E-state index >= 15 is 0 Å². The van der Waals surface area contributed by atoms with Crippen molar-refractivity contribution in [1.82, 2.24) is 5.32 Å². The van der Waals surface area contributed by atoms with Crippen LogP contribution in [0.4, 0.5) is 13.2 Å². The van der Waals surface area contributed by atoms with E-state index in [1.807, 2.05) is 20.8 Å². The predicted octanol–water partition coefficient (Wildman–Crippen LogP) is 4.05. The van der Waals surface area contributed by atoms with Crippen LogP contribution in [0.3, 0.4) is 0 Å². The Hall–Kier alpha value is -1.27. The molecule has 0 aromatic heterocycles. The molecule has 1 N–H and O–H groups in total. The van der Waals surface area contributed by atoms with Gasteiger partial charge in [0.25, 0.3) is 0 Å². The lowest BCUT2D eigenvalue weighted by Gasteiger charge is -2.21. The van der Waals surface area contributed by atoms with Crippen LogP contribution in [-0.2, 0) is 4.74 Å². The third-order valence-electron chi connectivity index (χ3n) is 2.75. The summed E-state index contributed by atoms with van der Waals surface area (Å²) in [7, 11) is 0. The summed E-state index contributed by atoms with van der Waals surface area (Å²) in [5.41, 5.74) is 0.874. The van der Waals surface area contributed by atoms with Gasteiger partial charge in [0.2, 0.25) is 0 Å². The second-order valence-electron chi connectivity index (χ2n) is 5.01. The highest BCUT2D eigenvalue weighted by molar-refractivity contribution is 5.29. The van der Waals surface area contributed by atoms with Gasteiger partial charge in [-0.25, -0.2) is 0 Å². The van der Waals surface area contributed by atoms with Gasteiger partial charge in [-0.1, -0.05) is 19.1 Å². The second-order valence-corrected chi connectivity index (χ2v) is 5.01. The third kappa shape index (κ3) is 7.34. The van der Waals surface area contributed by atoms with E-state index in [1.165, 1.54) is 12.1 Å². The Morgan fingerprint density at radius 2 is 1.76 bits per heavy atom. The molecule has 1 unspecified atom stereocenters. The van der Waals surface area contributed by atoms with Crippen LogP contribution in [0.1, 0.15) is 38.8 Å². The average molecular weight is 305 g/mol. The Kier molecular flexibility index (Phi) is 6.98. The fourth-order valence-corrected chi connectivity index (χ4v) is 1.78. The number of alkyl halides is 3. The first-order valence-corrected chi connectivity index (χ1v) is 7.02. The number of rotatable bonds is 8. The zero-order valence-corrected chi connectivity index (χ0v) is 12.5. The summed E-state index contributed by atoms with van der Waals surface area (Å²) in [4.78, 5) is 0. The highest BCUT2D eigenvalue weighted by atomic mass is 19.4. The quantitative estimate of drug-likeness (QED) is 0.786. The Labute approximate surface area is 123 Å². The molecule has 0 spiro atoms. The van der Waals surface area contributed by atoms with Gasteiger partial charge in [-0.05, 0) is 44.5 Å². The molecule has 0 radical (unpaired) electrons. The Morgan fingerprint density at radius 3 is 2.24 bits per heavy atom. The van der Waals surface area contributed by atoms with Crippen molar-refractivity contribution >= 4 is 0 Å². The normalized spacial score (nSPS) is 13.5. The number of ether oxygens (including phenoxy) is 2. The van der Waals surface area contributed by atoms with Crippen molar-refractivity contribution in [2.75, 3.05) is 13.2 Å². The van der Waals surface area contributed by atoms with E-state index in [2.05, 4.69) is 10.1 Å². The second kappa shape index (κ2) is 8.24. The molecule has 0 aliphatic rings. The minimum atomic E-state index is -4.66. The maximum Gasteiger partial charge on any atom is 0.573 e. The summed E-state index contributed by atoms with van der Waals surface area (Å²) < 4.78 is 45.8. The summed E-state index contributed by atoms with van der Waals surface area (Å²) in [5.74, 6) is -0.217. The first kappa shape index (κ1) is 17.8. The summed E-state index contributed by atoms with van der Waals surface area (Å²) >= 11 is 0. The van der Waals surface area contributed by atoms with E-state index in [0.29, 0.717) is 6.61 Å². The molecular formula is C15H22F3NO2. The molecule has 120 valence electrons. The summed E-state index contributed by atoms with van der Waals surface area (Å²) in [6, 6.07) is 5.83. The molecule has 1 aromatic carbocycles. The molecule has 1 aromatic rings. The number of benzene rings is 1. The molecule has 0 aliphatic heterocycles. The molecule has 0 heterocycles. The predicted molar refractivity (Wildman–Crippen MR) is 75.2 cm³/mol. The average Bonchev–Trinajstić information content (AvgIpc) is 2.38. The first-order chi connectivity index (χ1) is 9.81. The molecule has 21 heavy (non-hydrogen) atoms. The van der Waals surface area contributed by atoms with Crippen molar-refractivity contribution in [1.29, 1.82) is 0 Å². The zero-order chi connectivity index (χ0) is 15.9. The van der Waals surface area contributed by atoms with Crippen LogP contribution in [0.2, 0.25) is 0 Å². The molecule has 0 aliphatic carbocycles. The van der Waals surface area contributed by atoms with E-state index in [9.17, 15) is 13.2 Å². The van der Waals surface area contributed by atoms with Crippen molar-refractivity contribution in [3.63, 3.8) is 0 Å². The first-order valence-electron chi connectivity index (χ1n) is 7.02. The van der Waals surface area contributed by atoms with E-state index in [1.54, 1.807) is 12.1 Å². The van der Waals surface area contributed by atoms with Gasteiger partial charge in [0, 0.05) is 0 Å². The fraction of sp³-hybridized carbons (Fsp3) is 0.600. The van der Waals surface area contributed by atoms with Gasteiger partial charge in [0.1, 0.15) is 5.75 Å². The van der Waals surface area contributed by atoms with Crippen molar-refractivity contribution < 1.29 is 22.6 Å². The Bertz CT molecular complexity index is 404. The van der Waals surface area contributed by atoms with Crippen LogP contribution < -0.4 is 10.1 Å².